The molecule has 15 heavy (non-hydrogen) atoms. The standard InChI is InChI=1S/C9H13N5S/c1-7-10-4-6-14(7)5-3-8-11-12-9(15)13(8)2/h4,6H,3,5H2,1-2H3,(H,12,15). The van der Waals surface area contributed by atoms with Crippen LogP contribution in [-0.4, -0.2) is 24.3 Å². The molecule has 2 heterocycles. The van der Waals surface area contributed by atoms with Crippen LogP contribution in [-0.2, 0) is 20.0 Å². The Morgan fingerprint density at radius 1 is 1.53 bits per heavy atom. The second-order valence-electron chi connectivity index (χ2n) is 3.42. The molecule has 0 fully saturated rings. The molecule has 0 amide bonds. The molecule has 0 saturated heterocycles. The van der Waals surface area contributed by atoms with Crippen LogP contribution in [0.3, 0.4) is 0 Å². The Morgan fingerprint density at radius 3 is 2.87 bits per heavy atom. The molecule has 5 nitrogen and oxygen atoms in total. The van der Waals surface area contributed by atoms with Gasteiger partial charge in [-0.05, 0) is 19.1 Å². The molecule has 0 radical (unpaired) electrons. The third-order valence-electron chi connectivity index (χ3n) is 2.47. The molecule has 0 aliphatic rings. The van der Waals surface area contributed by atoms with E-state index in [1.54, 1.807) is 6.20 Å². The first kappa shape index (κ1) is 10.1. The van der Waals surface area contributed by atoms with E-state index in [0.29, 0.717) is 4.77 Å². The maximum Gasteiger partial charge on any atom is 0.194 e. The monoisotopic (exact) mass is 223 g/mol. The highest BCUT2D eigenvalue weighted by molar-refractivity contribution is 7.71. The van der Waals surface area contributed by atoms with E-state index >= 15 is 0 Å². The summed E-state index contributed by atoms with van der Waals surface area (Å²) in [4.78, 5) is 4.16. The number of H-pyrrole nitrogens is 1. The normalized spacial score (nSPS) is 10.8. The van der Waals surface area contributed by atoms with Crippen LogP contribution in [0.1, 0.15) is 11.6 Å². The average molecular weight is 223 g/mol. The van der Waals surface area contributed by atoms with Crippen molar-refractivity contribution in [2.45, 2.75) is 19.9 Å². The van der Waals surface area contributed by atoms with Crippen LogP contribution in [0.25, 0.3) is 0 Å². The Bertz CT molecular complexity index is 507. The van der Waals surface area contributed by atoms with Gasteiger partial charge in [-0.1, -0.05) is 0 Å². The van der Waals surface area contributed by atoms with Crippen LogP contribution in [0.15, 0.2) is 12.4 Å². The smallest absolute Gasteiger partial charge is 0.194 e. The summed E-state index contributed by atoms with van der Waals surface area (Å²) in [6, 6.07) is 0. The highest BCUT2D eigenvalue weighted by Crippen LogP contribution is 2.01. The van der Waals surface area contributed by atoms with Gasteiger partial charge >= 0.3 is 0 Å². The number of hydrogen-bond donors (Lipinski definition) is 1. The zero-order chi connectivity index (χ0) is 10.8. The van der Waals surface area contributed by atoms with Gasteiger partial charge in [0.2, 0.25) is 0 Å². The van der Waals surface area contributed by atoms with Crippen molar-refractivity contribution in [1.29, 1.82) is 0 Å². The van der Waals surface area contributed by atoms with Gasteiger partial charge in [-0.2, -0.15) is 5.10 Å². The third kappa shape index (κ3) is 1.99. The Morgan fingerprint density at radius 2 is 2.33 bits per heavy atom. The van der Waals surface area contributed by atoms with Crippen LogP contribution in [0.4, 0.5) is 0 Å². The van der Waals surface area contributed by atoms with Gasteiger partial charge in [-0.3, -0.25) is 5.10 Å². The van der Waals surface area contributed by atoms with E-state index in [4.69, 9.17) is 12.2 Å². The van der Waals surface area contributed by atoms with E-state index in [1.807, 2.05) is 24.7 Å². The summed E-state index contributed by atoms with van der Waals surface area (Å²) in [5.41, 5.74) is 0. The minimum atomic E-state index is 0.660. The second-order valence-corrected chi connectivity index (χ2v) is 3.81. The predicted octanol–water partition coefficient (Wildman–Crippen LogP) is 1.23. The number of aromatic amines is 1. The molecule has 2 rings (SSSR count). The molecule has 0 aromatic carbocycles. The lowest BCUT2D eigenvalue weighted by Crippen LogP contribution is -2.06. The quantitative estimate of drug-likeness (QED) is 0.796. The zero-order valence-electron chi connectivity index (χ0n) is 8.77. The Hall–Kier alpha value is -1.43. The molecule has 1 N–H and O–H groups in total. The molecule has 2 aromatic rings. The molecule has 0 unspecified atom stereocenters. The molecule has 0 atom stereocenters. The highest BCUT2D eigenvalue weighted by Gasteiger charge is 2.03. The summed E-state index contributed by atoms with van der Waals surface area (Å²) >= 11 is 5.04. The van der Waals surface area contributed by atoms with E-state index in [-0.39, 0.29) is 0 Å². The molecule has 6 heteroatoms. The fourth-order valence-electron chi connectivity index (χ4n) is 1.46. The van der Waals surface area contributed by atoms with Gasteiger partial charge in [-0.25, -0.2) is 4.98 Å². The van der Waals surface area contributed by atoms with Crippen LogP contribution < -0.4 is 0 Å². The number of rotatable bonds is 3. The van der Waals surface area contributed by atoms with Crippen LogP contribution >= 0.6 is 12.2 Å². The van der Waals surface area contributed by atoms with E-state index in [9.17, 15) is 0 Å². The summed E-state index contributed by atoms with van der Waals surface area (Å²) in [7, 11) is 1.92. The van der Waals surface area contributed by atoms with Crippen molar-refractivity contribution in [3.05, 3.63) is 28.8 Å². The maximum absolute atomic E-state index is 5.04. The van der Waals surface area contributed by atoms with Gasteiger partial charge in [0.1, 0.15) is 11.6 Å². The van der Waals surface area contributed by atoms with E-state index in [1.165, 1.54) is 0 Å². The molecule has 0 spiro atoms. The average Bonchev–Trinajstić information content (AvgIpc) is 2.74. The van der Waals surface area contributed by atoms with Crippen LogP contribution in [0, 0.1) is 11.7 Å². The molecule has 2 aromatic heterocycles. The lowest BCUT2D eigenvalue weighted by molar-refractivity contribution is 0.633. The van der Waals surface area contributed by atoms with Crippen molar-refractivity contribution in [2.75, 3.05) is 0 Å². The number of hydrogen-bond acceptors (Lipinski definition) is 3. The van der Waals surface area contributed by atoms with Gasteiger partial charge in [0.05, 0.1) is 0 Å². The minimum absolute atomic E-state index is 0.660. The molecule has 0 aliphatic heterocycles. The van der Waals surface area contributed by atoms with Crippen LogP contribution in [0.5, 0.6) is 0 Å². The van der Waals surface area contributed by atoms with E-state index < -0.39 is 0 Å². The van der Waals surface area contributed by atoms with Gasteiger partial charge in [0.15, 0.2) is 4.77 Å². The predicted molar refractivity (Wildman–Crippen MR) is 59.1 cm³/mol. The summed E-state index contributed by atoms with van der Waals surface area (Å²) in [5, 5.41) is 6.93. The number of aryl methyl sites for hydroxylation is 3. The Balaban J connectivity index is 2.09. The largest absolute Gasteiger partial charge is 0.335 e. The summed E-state index contributed by atoms with van der Waals surface area (Å²) in [6.45, 7) is 2.86. The van der Waals surface area contributed by atoms with Gasteiger partial charge in [0.25, 0.3) is 0 Å². The Labute approximate surface area is 92.8 Å². The van der Waals surface area contributed by atoms with Gasteiger partial charge in [0, 0.05) is 32.4 Å². The zero-order valence-corrected chi connectivity index (χ0v) is 9.58. The number of aromatic nitrogens is 5. The Kier molecular flexibility index (Phi) is 2.68. The van der Waals surface area contributed by atoms with Crippen molar-refractivity contribution >= 4 is 12.2 Å². The molecule has 0 aliphatic carbocycles. The fourth-order valence-corrected chi connectivity index (χ4v) is 1.61. The number of nitrogens with one attached hydrogen (secondary N) is 1. The van der Waals surface area contributed by atoms with Crippen molar-refractivity contribution in [3.63, 3.8) is 0 Å². The minimum Gasteiger partial charge on any atom is -0.335 e. The summed E-state index contributed by atoms with van der Waals surface area (Å²) < 4.78 is 4.65. The number of imidazole rings is 1. The lowest BCUT2D eigenvalue weighted by atomic mass is 10.4. The third-order valence-corrected chi connectivity index (χ3v) is 2.84. The van der Waals surface area contributed by atoms with Gasteiger partial charge in [-0.15, -0.1) is 0 Å². The SMILES string of the molecule is Cc1nccn1CCc1n[nH]c(=S)n1C. The maximum atomic E-state index is 5.04. The van der Waals surface area contributed by atoms with Gasteiger partial charge < -0.3 is 9.13 Å². The molecule has 80 valence electrons. The molecule has 0 bridgehead atoms. The highest BCUT2D eigenvalue weighted by atomic mass is 32.1. The van der Waals surface area contributed by atoms with Crippen molar-refractivity contribution in [2.24, 2.45) is 7.05 Å². The van der Waals surface area contributed by atoms with E-state index in [2.05, 4.69) is 19.7 Å². The first-order valence-electron chi connectivity index (χ1n) is 4.76. The first-order valence-corrected chi connectivity index (χ1v) is 5.17. The molecular formula is C9H13N5S. The first-order chi connectivity index (χ1) is 7.18. The van der Waals surface area contributed by atoms with Crippen molar-refractivity contribution in [3.8, 4) is 0 Å². The second kappa shape index (κ2) is 3.98. The summed E-state index contributed by atoms with van der Waals surface area (Å²) in [5.74, 6) is 1.99. The summed E-state index contributed by atoms with van der Waals surface area (Å²) in [6.07, 6.45) is 4.62. The van der Waals surface area contributed by atoms with Crippen molar-refractivity contribution in [1.82, 2.24) is 24.3 Å². The molecule has 0 saturated carbocycles. The van der Waals surface area contributed by atoms with Crippen molar-refractivity contribution < 1.29 is 0 Å². The van der Waals surface area contributed by atoms with E-state index in [0.717, 1.165) is 24.6 Å². The van der Waals surface area contributed by atoms with Crippen LogP contribution in [0.2, 0.25) is 0 Å². The number of nitrogens with zero attached hydrogens (tertiary/aromatic N) is 4. The molecular weight excluding hydrogens is 210 g/mol. The topological polar surface area (TPSA) is 51.4 Å². The lowest BCUT2D eigenvalue weighted by Gasteiger charge is -2.03. The fraction of sp³-hybridized carbons (Fsp3) is 0.444.